The minimum atomic E-state index is -0.535. The molecule has 0 radical (unpaired) electrons. The fourth-order valence-electron chi connectivity index (χ4n) is 1.37. The zero-order valence-electron chi connectivity index (χ0n) is 9.98. The number of hydrogen-bond acceptors (Lipinski definition) is 4. The molecule has 0 aliphatic heterocycles. The molecule has 0 aliphatic carbocycles. The summed E-state index contributed by atoms with van der Waals surface area (Å²) in [5, 5.41) is 4.85. The largest absolute Gasteiger partial charge is 0.322 e. The van der Waals surface area contributed by atoms with Gasteiger partial charge >= 0.3 is 0 Å². The third-order valence-corrected chi connectivity index (χ3v) is 3.66. The molecule has 1 amide bonds. The second-order valence-electron chi connectivity index (χ2n) is 3.94. The number of nitrogens with zero attached hydrogens (tertiary/aromatic N) is 1. The number of nitrogens with one attached hydrogen (secondary N) is 1. The normalized spacial score (nSPS) is 12.2. The number of anilines is 1. The second-order valence-corrected chi connectivity index (χ2v) is 5.24. The Morgan fingerprint density at radius 2 is 2.32 bits per heavy atom. The van der Waals surface area contributed by atoms with E-state index < -0.39 is 5.82 Å². The van der Waals surface area contributed by atoms with Crippen LogP contribution in [0, 0.1) is 5.82 Å². The van der Waals surface area contributed by atoms with Crippen LogP contribution in [0.3, 0.4) is 0 Å². The number of amides is 1. The molecule has 1 heterocycles. The molecular weight excluding hydrogens is 289 g/mol. The number of nitrogens with two attached hydrogens (primary N) is 1. The van der Waals surface area contributed by atoms with Crippen LogP contribution < -0.4 is 11.1 Å². The third kappa shape index (κ3) is 3.28. The molecule has 1 unspecified atom stereocenters. The lowest BCUT2D eigenvalue weighted by atomic mass is 10.3. The summed E-state index contributed by atoms with van der Waals surface area (Å²) in [6, 6.07) is 3.74. The molecule has 19 heavy (non-hydrogen) atoms. The van der Waals surface area contributed by atoms with E-state index in [0.29, 0.717) is 10.7 Å². The quantitative estimate of drug-likeness (QED) is 0.914. The first-order valence-electron chi connectivity index (χ1n) is 5.45. The Bertz CT molecular complexity index is 615. The van der Waals surface area contributed by atoms with Crippen LogP contribution in [0.1, 0.15) is 28.5 Å². The fraction of sp³-hybridized carbons (Fsp3) is 0.167. The summed E-state index contributed by atoms with van der Waals surface area (Å²) in [7, 11) is 0. The molecule has 1 aromatic carbocycles. The van der Waals surface area contributed by atoms with Gasteiger partial charge in [-0.25, -0.2) is 9.37 Å². The molecule has 2 aromatic rings. The zero-order valence-corrected chi connectivity index (χ0v) is 11.6. The highest BCUT2D eigenvalue weighted by Gasteiger charge is 2.13. The Hall–Kier alpha value is -1.50. The average molecular weight is 300 g/mol. The van der Waals surface area contributed by atoms with Crippen LogP contribution in [0.25, 0.3) is 0 Å². The summed E-state index contributed by atoms with van der Waals surface area (Å²) in [6.45, 7) is 1.79. The summed E-state index contributed by atoms with van der Waals surface area (Å²) in [5.74, 6) is -0.918. The Morgan fingerprint density at radius 3 is 2.89 bits per heavy atom. The van der Waals surface area contributed by atoms with Crippen LogP contribution in [0.15, 0.2) is 23.6 Å². The van der Waals surface area contributed by atoms with Crippen molar-refractivity contribution in [3.8, 4) is 0 Å². The zero-order chi connectivity index (χ0) is 14.0. The summed E-state index contributed by atoms with van der Waals surface area (Å²) in [4.78, 5) is 16.0. The summed E-state index contributed by atoms with van der Waals surface area (Å²) in [6.07, 6.45) is 0. The average Bonchev–Trinajstić information content (AvgIpc) is 2.83. The van der Waals surface area contributed by atoms with Crippen LogP contribution in [0.2, 0.25) is 5.02 Å². The lowest BCUT2D eigenvalue weighted by Gasteiger charge is -2.04. The van der Waals surface area contributed by atoms with Gasteiger partial charge in [0, 0.05) is 11.1 Å². The van der Waals surface area contributed by atoms with Crippen molar-refractivity contribution >= 4 is 34.5 Å². The molecule has 3 N–H and O–H groups in total. The molecule has 4 nitrogen and oxygen atoms in total. The van der Waals surface area contributed by atoms with Gasteiger partial charge < -0.3 is 11.1 Å². The predicted molar refractivity (Wildman–Crippen MR) is 74.1 cm³/mol. The van der Waals surface area contributed by atoms with Gasteiger partial charge in [-0.1, -0.05) is 11.6 Å². The first-order chi connectivity index (χ1) is 8.97. The first kappa shape index (κ1) is 13.9. The van der Waals surface area contributed by atoms with Crippen molar-refractivity contribution in [3.05, 3.63) is 45.1 Å². The lowest BCUT2D eigenvalue weighted by molar-refractivity contribution is 0.102. The minimum absolute atomic E-state index is 0.0488. The van der Waals surface area contributed by atoms with Crippen molar-refractivity contribution in [2.24, 2.45) is 5.73 Å². The van der Waals surface area contributed by atoms with Crippen molar-refractivity contribution in [2.45, 2.75) is 13.0 Å². The monoisotopic (exact) mass is 299 g/mol. The van der Waals surface area contributed by atoms with Crippen molar-refractivity contribution in [2.75, 3.05) is 5.32 Å². The van der Waals surface area contributed by atoms with E-state index in [2.05, 4.69) is 10.3 Å². The number of benzene rings is 1. The molecule has 2 rings (SSSR count). The van der Waals surface area contributed by atoms with E-state index in [0.717, 1.165) is 0 Å². The van der Waals surface area contributed by atoms with Gasteiger partial charge in [-0.05, 0) is 25.1 Å². The Labute approximate surface area is 118 Å². The van der Waals surface area contributed by atoms with E-state index in [9.17, 15) is 9.18 Å². The maximum atomic E-state index is 13.0. The van der Waals surface area contributed by atoms with E-state index in [1.165, 1.54) is 29.5 Å². The summed E-state index contributed by atoms with van der Waals surface area (Å²) < 4.78 is 13.0. The van der Waals surface area contributed by atoms with Gasteiger partial charge in [0.2, 0.25) is 0 Å². The van der Waals surface area contributed by atoms with E-state index in [4.69, 9.17) is 17.3 Å². The molecule has 7 heteroatoms. The smallest absolute Gasteiger partial charge is 0.275 e. The highest BCUT2D eigenvalue weighted by atomic mass is 35.5. The second kappa shape index (κ2) is 5.64. The highest BCUT2D eigenvalue weighted by Crippen LogP contribution is 2.21. The van der Waals surface area contributed by atoms with E-state index >= 15 is 0 Å². The van der Waals surface area contributed by atoms with Gasteiger partial charge in [0.15, 0.2) is 0 Å². The lowest BCUT2D eigenvalue weighted by Crippen LogP contribution is -2.13. The van der Waals surface area contributed by atoms with Gasteiger partial charge in [0.25, 0.3) is 5.91 Å². The van der Waals surface area contributed by atoms with Crippen LogP contribution in [-0.2, 0) is 0 Å². The first-order valence-corrected chi connectivity index (χ1v) is 6.70. The van der Waals surface area contributed by atoms with Crippen molar-refractivity contribution in [1.82, 2.24) is 4.98 Å². The molecular formula is C12H11ClFN3OS. The van der Waals surface area contributed by atoms with Crippen LogP contribution in [-0.4, -0.2) is 10.9 Å². The maximum Gasteiger partial charge on any atom is 0.275 e. The van der Waals surface area contributed by atoms with Crippen LogP contribution in [0.5, 0.6) is 0 Å². The molecule has 1 atom stereocenters. The Balaban J connectivity index is 2.13. The SMILES string of the molecule is CC(N)c1nc(C(=O)Nc2ccc(F)c(Cl)c2)cs1. The van der Waals surface area contributed by atoms with E-state index in [-0.39, 0.29) is 22.7 Å². The molecule has 0 spiro atoms. The number of carbonyl (C=O) groups is 1. The fourth-order valence-corrected chi connectivity index (χ4v) is 2.31. The minimum Gasteiger partial charge on any atom is -0.322 e. The van der Waals surface area contributed by atoms with Gasteiger partial charge in [-0.2, -0.15) is 0 Å². The highest BCUT2D eigenvalue weighted by molar-refractivity contribution is 7.09. The van der Waals surface area contributed by atoms with Crippen molar-refractivity contribution in [1.29, 1.82) is 0 Å². The van der Waals surface area contributed by atoms with Crippen LogP contribution >= 0.6 is 22.9 Å². The molecule has 0 saturated carbocycles. The number of carbonyl (C=O) groups excluding carboxylic acids is 1. The van der Waals surface area contributed by atoms with E-state index in [1.54, 1.807) is 12.3 Å². The Morgan fingerprint density at radius 1 is 1.58 bits per heavy atom. The van der Waals surface area contributed by atoms with Gasteiger partial charge in [0.1, 0.15) is 16.5 Å². The van der Waals surface area contributed by atoms with E-state index in [1.807, 2.05) is 0 Å². The number of halogens is 2. The Kier molecular flexibility index (Phi) is 4.14. The molecule has 0 saturated heterocycles. The molecule has 100 valence electrons. The molecule has 0 fully saturated rings. The number of rotatable bonds is 3. The number of aromatic nitrogens is 1. The summed E-state index contributed by atoms with van der Waals surface area (Å²) in [5.41, 5.74) is 6.36. The van der Waals surface area contributed by atoms with Gasteiger partial charge in [-0.15, -0.1) is 11.3 Å². The standard InChI is InChI=1S/C12H11ClFN3OS/c1-6(15)12-17-10(5-19-12)11(18)16-7-2-3-9(14)8(13)4-7/h2-6H,15H2,1H3,(H,16,18). The van der Waals surface area contributed by atoms with Crippen molar-refractivity contribution < 1.29 is 9.18 Å². The third-order valence-electron chi connectivity index (χ3n) is 2.32. The summed E-state index contributed by atoms with van der Waals surface area (Å²) >= 11 is 6.95. The topological polar surface area (TPSA) is 68.0 Å². The van der Waals surface area contributed by atoms with Gasteiger partial charge in [-0.3, -0.25) is 4.79 Å². The van der Waals surface area contributed by atoms with Gasteiger partial charge in [0.05, 0.1) is 11.1 Å². The molecule has 0 bridgehead atoms. The van der Waals surface area contributed by atoms with Crippen LogP contribution in [0.4, 0.5) is 10.1 Å². The molecule has 1 aromatic heterocycles. The maximum absolute atomic E-state index is 13.0. The molecule has 0 aliphatic rings. The number of hydrogen-bond donors (Lipinski definition) is 2. The van der Waals surface area contributed by atoms with Crippen molar-refractivity contribution in [3.63, 3.8) is 0 Å². The predicted octanol–water partition coefficient (Wildman–Crippen LogP) is 3.21. The number of thiazole rings is 1.